The topological polar surface area (TPSA) is 31.2 Å². The summed E-state index contributed by atoms with van der Waals surface area (Å²) in [5, 5.41) is 1.21. The van der Waals surface area contributed by atoms with Crippen LogP contribution in [0.4, 0.5) is 0 Å². The molecule has 3 aromatic rings. The van der Waals surface area contributed by atoms with E-state index in [1.54, 1.807) is 13.2 Å². The van der Waals surface area contributed by atoms with E-state index in [9.17, 15) is 4.79 Å². The fourth-order valence-electron chi connectivity index (χ4n) is 2.46. The Kier molecular flexibility index (Phi) is 3.25. The van der Waals surface area contributed by atoms with Gasteiger partial charge in [0.2, 0.25) is 0 Å². The third-order valence-corrected chi connectivity index (χ3v) is 3.46. The highest BCUT2D eigenvalue weighted by atomic mass is 16.5. The van der Waals surface area contributed by atoms with Gasteiger partial charge in [-0.25, -0.2) is 0 Å². The third-order valence-electron chi connectivity index (χ3n) is 3.46. The van der Waals surface area contributed by atoms with E-state index in [0.717, 1.165) is 17.6 Å². The average molecular weight is 265 g/mol. The lowest BCUT2D eigenvalue weighted by Gasteiger charge is -2.11. The van der Waals surface area contributed by atoms with E-state index in [1.807, 2.05) is 24.3 Å². The molecule has 0 saturated carbocycles. The Morgan fingerprint density at radius 1 is 1.15 bits per heavy atom. The van der Waals surface area contributed by atoms with Crippen LogP contribution in [0.5, 0.6) is 5.75 Å². The van der Waals surface area contributed by atoms with Gasteiger partial charge in [-0.2, -0.15) is 0 Å². The molecule has 20 heavy (non-hydrogen) atoms. The lowest BCUT2D eigenvalue weighted by molar-refractivity contribution is 0.112. The highest BCUT2D eigenvalue weighted by molar-refractivity contribution is 5.80. The van der Waals surface area contributed by atoms with E-state index >= 15 is 0 Å². The van der Waals surface area contributed by atoms with Crippen LogP contribution in [0.2, 0.25) is 0 Å². The van der Waals surface area contributed by atoms with E-state index in [2.05, 4.69) is 29.0 Å². The van der Waals surface area contributed by atoms with Gasteiger partial charge in [-0.05, 0) is 35.7 Å². The fourth-order valence-corrected chi connectivity index (χ4v) is 2.46. The molecular weight excluding hydrogens is 250 g/mol. The molecular formula is C17H15NO2. The monoisotopic (exact) mass is 265 g/mol. The van der Waals surface area contributed by atoms with Crippen molar-refractivity contribution in [2.24, 2.45) is 0 Å². The van der Waals surface area contributed by atoms with Crippen LogP contribution in [0, 0.1) is 0 Å². The smallest absolute Gasteiger partial charge is 0.150 e. The van der Waals surface area contributed by atoms with Crippen LogP contribution in [0.1, 0.15) is 15.9 Å². The number of rotatable bonds is 4. The van der Waals surface area contributed by atoms with Gasteiger partial charge in [0, 0.05) is 22.8 Å². The largest absolute Gasteiger partial charge is 0.496 e. The molecule has 0 aliphatic heterocycles. The molecule has 0 spiro atoms. The van der Waals surface area contributed by atoms with Gasteiger partial charge in [0.25, 0.3) is 0 Å². The predicted molar refractivity (Wildman–Crippen MR) is 79.4 cm³/mol. The van der Waals surface area contributed by atoms with Gasteiger partial charge in [-0.15, -0.1) is 0 Å². The molecule has 1 heterocycles. The molecule has 3 heteroatoms. The van der Waals surface area contributed by atoms with Crippen molar-refractivity contribution in [3.8, 4) is 5.75 Å². The zero-order valence-electron chi connectivity index (χ0n) is 11.2. The maximum atomic E-state index is 10.9. The summed E-state index contributed by atoms with van der Waals surface area (Å²) in [6.07, 6.45) is 2.91. The number of carbonyl (C=O) groups excluding carboxylic acids is 1. The molecule has 0 fully saturated rings. The van der Waals surface area contributed by atoms with Gasteiger partial charge in [0.05, 0.1) is 13.7 Å². The minimum absolute atomic E-state index is 0.664. The van der Waals surface area contributed by atoms with Gasteiger partial charge in [-0.1, -0.05) is 18.2 Å². The maximum Gasteiger partial charge on any atom is 0.150 e. The number of carbonyl (C=O) groups is 1. The summed E-state index contributed by atoms with van der Waals surface area (Å²) in [5.74, 6) is 0.799. The normalized spacial score (nSPS) is 10.7. The molecule has 0 bridgehead atoms. The summed E-state index contributed by atoms with van der Waals surface area (Å²) < 4.78 is 7.53. The van der Waals surface area contributed by atoms with Crippen molar-refractivity contribution in [3.63, 3.8) is 0 Å². The molecule has 0 atom stereocenters. The number of hydrogen-bond acceptors (Lipinski definition) is 2. The van der Waals surface area contributed by atoms with Crippen LogP contribution in [0.25, 0.3) is 10.9 Å². The zero-order valence-corrected chi connectivity index (χ0v) is 11.2. The maximum absolute atomic E-state index is 10.9. The summed E-state index contributed by atoms with van der Waals surface area (Å²) >= 11 is 0. The predicted octanol–water partition coefficient (Wildman–Crippen LogP) is 3.51. The van der Waals surface area contributed by atoms with E-state index < -0.39 is 0 Å². The van der Waals surface area contributed by atoms with Crippen LogP contribution in [0.15, 0.2) is 54.7 Å². The quantitative estimate of drug-likeness (QED) is 0.676. The molecule has 0 aliphatic rings. The summed E-state index contributed by atoms with van der Waals surface area (Å²) in [6.45, 7) is 0.679. The minimum atomic E-state index is 0.664. The fraction of sp³-hybridized carbons (Fsp3) is 0.118. The highest BCUT2D eigenvalue weighted by Crippen LogP contribution is 2.23. The second-order valence-electron chi connectivity index (χ2n) is 4.69. The molecule has 0 N–H and O–H groups in total. The molecule has 0 unspecified atom stereocenters. The lowest BCUT2D eigenvalue weighted by Crippen LogP contribution is -2.01. The Hall–Kier alpha value is -2.55. The van der Waals surface area contributed by atoms with Crippen LogP contribution < -0.4 is 4.74 Å². The molecule has 3 rings (SSSR count). The lowest BCUT2D eigenvalue weighted by atomic mass is 10.1. The van der Waals surface area contributed by atoms with Gasteiger partial charge < -0.3 is 9.30 Å². The second kappa shape index (κ2) is 5.21. The van der Waals surface area contributed by atoms with Crippen molar-refractivity contribution >= 4 is 17.2 Å². The van der Waals surface area contributed by atoms with E-state index in [1.165, 1.54) is 10.9 Å². The summed E-state index contributed by atoms with van der Waals surface area (Å²) in [4.78, 5) is 10.9. The van der Waals surface area contributed by atoms with Crippen LogP contribution in [0.3, 0.4) is 0 Å². The standard InChI is InChI=1S/C17H15NO2/c1-20-17-7-6-13(12-19)10-15(17)11-18-9-8-14-4-2-3-5-16(14)18/h2-10,12H,11H2,1H3. The first kappa shape index (κ1) is 12.5. The zero-order chi connectivity index (χ0) is 13.9. The molecule has 100 valence electrons. The average Bonchev–Trinajstić information content (AvgIpc) is 2.90. The molecule has 2 aromatic carbocycles. The summed E-state index contributed by atoms with van der Waals surface area (Å²) in [7, 11) is 1.65. The number of methoxy groups -OCH3 is 1. The Bertz CT molecular complexity index is 759. The van der Waals surface area contributed by atoms with Gasteiger partial charge in [0.1, 0.15) is 12.0 Å². The van der Waals surface area contributed by atoms with E-state index in [4.69, 9.17) is 4.74 Å². The summed E-state index contributed by atoms with van der Waals surface area (Å²) in [5.41, 5.74) is 2.83. The van der Waals surface area contributed by atoms with Crippen molar-refractivity contribution in [3.05, 3.63) is 65.9 Å². The Balaban J connectivity index is 2.04. The second-order valence-corrected chi connectivity index (χ2v) is 4.69. The number of nitrogens with zero attached hydrogens (tertiary/aromatic N) is 1. The van der Waals surface area contributed by atoms with E-state index in [-0.39, 0.29) is 0 Å². The molecule has 0 radical (unpaired) electrons. The van der Waals surface area contributed by atoms with E-state index in [0.29, 0.717) is 12.1 Å². The Labute approximate surface area is 117 Å². The highest BCUT2D eigenvalue weighted by Gasteiger charge is 2.07. The number of aldehydes is 1. The van der Waals surface area contributed by atoms with Crippen molar-refractivity contribution < 1.29 is 9.53 Å². The van der Waals surface area contributed by atoms with Crippen molar-refractivity contribution in [2.75, 3.05) is 7.11 Å². The SMILES string of the molecule is COc1ccc(C=O)cc1Cn1ccc2ccccc21. The van der Waals surface area contributed by atoms with Gasteiger partial charge in [0.15, 0.2) is 0 Å². The van der Waals surface area contributed by atoms with Crippen LogP contribution >= 0.6 is 0 Å². The minimum Gasteiger partial charge on any atom is -0.496 e. The molecule has 1 aromatic heterocycles. The number of benzene rings is 2. The van der Waals surface area contributed by atoms with Crippen LogP contribution in [-0.4, -0.2) is 18.0 Å². The first-order valence-corrected chi connectivity index (χ1v) is 6.48. The third kappa shape index (κ3) is 2.18. The molecule has 0 saturated heterocycles. The number of hydrogen-bond donors (Lipinski definition) is 0. The first-order valence-electron chi connectivity index (χ1n) is 6.48. The molecule has 0 aliphatic carbocycles. The molecule has 3 nitrogen and oxygen atoms in total. The van der Waals surface area contributed by atoms with Gasteiger partial charge >= 0.3 is 0 Å². The number of fused-ring (bicyclic) bond motifs is 1. The van der Waals surface area contributed by atoms with Crippen molar-refractivity contribution in [1.82, 2.24) is 4.57 Å². The molecule has 0 amide bonds. The van der Waals surface area contributed by atoms with Crippen molar-refractivity contribution in [1.29, 1.82) is 0 Å². The van der Waals surface area contributed by atoms with Crippen molar-refractivity contribution in [2.45, 2.75) is 6.54 Å². The number of ether oxygens (including phenoxy) is 1. The van der Waals surface area contributed by atoms with Gasteiger partial charge in [-0.3, -0.25) is 4.79 Å². The number of aromatic nitrogens is 1. The van der Waals surface area contributed by atoms with Crippen LogP contribution in [-0.2, 0) is 6.54 Å². The first-order chi connectivity index (χ1) is 9.81. The Morgan fingerprint density at radius 3 is 2.80 bits per heavy atom. The number of para-hydroxylation sites is 1. The summed E-state index contributed by atoms with van der Waals surface area (Å²) in [6, 6.07) is 15.8. The Morgan fingerprint density at radius 2 is 2.00 bits per heavy atom.